The molecule has 3 aliphatic heterocycles. The molecule has 0 radical (unpaired) electrons. The molecule has 3 heterocycles. The highest BCUT2D eigenvalue weighted by molar-refractivity contribution is 6.25. The van der Waals surface area contributed by atoms with Crippen molar-refractivity contribution in [1.29, 1.82) is 0 Å². The van der Waals surface area contributed by atoms with Gasteiger partial charge < -0.3 is 4.74 Å². The van der Waals surface area contributed by atoms with E-state index in [0.29, 0.717) is 11.4 Å². The molecular formula is C27H20FN3O4. The minimum absolute atomic E-state index is 0.251. The molecule has 2 amide bonds. The van der Waals surface area contributed by atoms with Crippen LogP contribution < -0.4 is 9.64 Å². The van der Waals surface area contributed by atoms with Crippen LogP contribution in [0.2, 0.25) is 0 Å². The molecule has 7 nitrogen and oxygen atoms in total. The fourth-order valence-corrected chi connectivity index (χ4v) is 5.51. The summed E-state index contributed by atoms with van der Waals surface area (Å²) in [6.07, 6.45) is 1.64. The molecule has 8 heteroatoms. The molecule has 3 aromatic rings. The van der Waals surface area contributed by atoms with Gasteiger partial charge in [-0.05, 0) is 47.5 Å². The summed E-state index contributed by atoms with van der Waals surface area (Å²) in [4.78, 5) is 42.6. The highest BCUT2D eigenvalue weighted by Gasteiger charge is 2.65. The van der Waals surface area contributed by atoms with Gasteiger partial charge in [0, 0.05) is 5.56 Å². The second kappa shape index (κ2) is 7.87. The summed E-state index contributed by atoms with van der Waals surface area (Å²) in [5.74, 6) is -3.13. The lowest BCUT2D eigenvalue weighted by Crippen LogP contribution is -2.44. The summed E-state index contributed by atoms with van der Waals surface area (Å²) >= 11 is 0. The van der Waals surface area contributed by atoms with Crippen molar-refractivity contribution in [3.63, 3.8) is 0 Å². The normalized spacial score (nSPS) is 24.3. The van der Waals surface area contributed by atoms with Gasteiger partial charge in [0.15, 0.2) is 5.78 Å². The molecular weight excluding hydrogens is 449 g/mol. The third-order valence-corrected chi connectivity index (χ3v) is 7.02. The third kappa shape index (κ3) is 3.02. The number of fused-ring (bicyclic) bond motifs is 5. The van der Waals surface area contributed by atoms with E-state index in [-0.39, 0.29) is 11.3 Å². The van der Waals surface area contributed by atoms with E-state index in [4.69, 9.17) is 4.74 Å². The van der Waals surface area contributed by atoms with Crippen molar-refractivity contribution >= 4 is 29.5 Å². The van der Waals surface area contributed by atoms with Crippen LogP contribution in [0, 0.1) is 17.7 Å². The minimum Gasteiger partial charge on any atom is -0.495 e. The van der Waals surface area contributed by atoms with Gasteiger partial charge in [-0.2, -0.15) is 5.10 Å². The van der Waals surface area contributed by atoms with E-state index < -0.39 is 41.6 Å². The molecule has 6 rings (SSSR count). The quantitative estimate of drug-likeness (QED) is 0.431. The molecule has 3 aliphatic rings. The van der Waals surface area contributed by atoms with Gasteiger partial charge in [0.25, 0.3) is 0 Å². The number of nitrogens with zero attached hydrogens (tertiary/aromatic N) is 3. The lowest BCUT2D eigenvalue weighted by Gasteiger charge is -2.33. The van der Waals surface area contributed by atoms with Crippen LogP contribution in [0.15, 0.2) is 77.9 Å². The van der Waals surface area contributed by atoms with Crippen molar-refractivity contribution in [1.82, 2.24) is 5.01 Å². The maximum atomic E-state index is 13.9. The number of halogens is 1. The van der Waals surface area contributed by atoms with Crippen molar-refractivity contribution in [2.24, 2.45) is 16.9 Å². The summed E-state index contributed by atoms with van der Waals surface area (Å²) < 4.78 is 18.9. The molecule has 2 saturated heterocycles. The Balaban J connectivity index is 1.51. The summed E-state index contributed by atoms with van der Waals surface area (Å²) in [6, 6.07) is 17.9. The molecule has 0 unspecified atom stereocenters. The SMILES string of the molecule is COc1ccccc1N1C(=O)[C@@H]2[C@@H](C1=O)[C@@H]1c3ccccc3C=NN1[C@@H]2C(=O)c1ccc(F)cc1. The monoisotopic (exact) mass is 469 g/mol. The summed E-state index contributed by atoms with van der Waals surface area (Å²) in [5, 5.41) is 6.11. The number of amides is 2. The molecule has 0 bridgehead atoms. The molecule has 0 saturated carbocycles. The first-order valence-electron chi connectivity index (χ1n) is 11.2. The zero-order chi connectivity index (χ0) is 24.3. The highest BCUT2D eigenvalue weighted by atomic mass is 19.1. The van der Waals surface area contributed by atoms with Gasteiger partial charge in [0.1, 0.15) is 17.6 Å². The second-order valence-corrected chi connectivity index (χ2v) is 8.75. The average Bonchev–Trinajstić information content (AvgIpc) is 3.36. The van der Waals surface area contributed by atoms with Gasteiger partial charge in [0.05, 0.1) is 36.9 Å². The lowest BCUT2D eigenvalue weighted by atomic mass is 9.83. The van der Waals surface area contributed by atoms with Crippen LogP contribution in [-0.2, 0) is 9.59 Å². The smallest absolute Gasteiger partial charge is 0.240 e. The number of carbonyl (C=O) groups is 3. The van der Waals surface area contributed by atoms with Crippen molar-refractivity contribution in [2.75, 3.05) is 12.0 Å². The van der Waals surface area contributed by atoms with Crippen molar-refractivity contribution < 1.29 is 23.5 Å². The van der Waals surface area contributed by atoms with Gasteiger partial charge >= 0.3 is 0 Å². The molecule has 2 fully saturated rings. The Hall–Kier alpha value is -4.33. The molecule has 4 atom stereocenters. The third-order valence-electron chi connectivity index (χ3n) is 7.02. The van der Waals surface area contributed by atoms with E-state index in [1.807, 2.05) is 24.3 Å². The van der Waals surface area contributed by atoms with E-state index in [2.05, 4.69) is 5.10 Å². The second-order valence-electron chi connectivity index (χ2n) is 8.75. The molecule has 35 heavy (non-hydrogen) atoms. The Morgan fingerprint density at radius 1 is 0.914 bits per heavy atom. The van der Waals surface area contributed by atoms with Gasteiger partial charge in [0.2, 0.25) is 11.8 Å². The van der Waals surface area contributed by atoms with Crippen LogP contribution in [0.5, 0.6) is 5.75 Å². The van der Waals surface area contributed by atoms with Gasteiger partial charge in [-0.25, -0.2) is 9.29 Å². The van der Waals surface area contributed by atoms with Crippen LogP contribution in [-0.4, -0.2) is 42.0 Å². The Kier molecular flexibility index (Phi) is 4.77. The van der Waals surface area contributed by atoms with Gasteiger partial charge in [-0.1, -0.05) is 36.4 Å². The Morgan fingerprint density at radius 3 is 2.37 bits per heavy atom. The van der Waals surface area contributed by atoms with Crippen molar-refractivity contribution in [3.8, 4) is 5.75 Å². The highest BCUT2D eigenvalue weighted by Crippen LogP contribution is 2.53. The van der Waals surface area contributed by atoms with Crippen LogP contribution in [0.3, 0.4) is 0 Å². The fraction of sp³-hybridized carbons (Fsp3) is 0.185. The first-order valence-corrected chi connectivity index (χ1v) is 11.2. The van der Waals surface area contributed by atoms with E-state index in [1.165, 1.54) is 31.4 Å². The van der Waals surface area contributed by atoms with Crippen LogP contribution in [0.4, 0.5) is 10.1 Å². The predicted molar refractivity (Wildman–Crippen MR) is 126 cm³/mol. The van der Waals surface area contributed by atoms with E-state index in [1.54, 1.807) is 35.5 Å². The number of para-hydroxylation sites is 2. The van der Waals surface area contributed by atoms with E-state index >= 15 is 0 Å². The van der Waals surface area contributed by atoms with Crippen LogP contribution in [0.25, 0.3) is 0 Å². The maximum absolute atomic E-state index is 13.9. The summed E-state index contributed by atoms with van der Waals surface area (Å²) in [5.41, 5.74) is 2.25. The number of hydrogen-bond donors (Lipinski definition) is 0. The van der Waals surface area contributed by atoms with Crippen LogP contribution in [0.1, 0.15) is 27.5 Å². The number of anilines is 1. The number of methoxy groups -OCH3 is 1. The number of carbonyl (C=O) groups excluding carboxylic acids is 3. The number of hydrazone groups is 1. The zero-order valence-electron chi connectivity index (χ0n) is 18.7. The first-order chi connectivity index (χ1) is 17.0. The van der Waals surface area contributed by atoms with E-state index in [9.17, 15) is 18.8 Å². The molecule has 0 aliphatic carbocycles. The lowest BCUT2D eigenvalue weighted by molar-refractivity contribution is -0.124. The maximum Gasteiger partial charge on any atom is 0.240 e. The molecule has 3 aromatic carbocycles. The number of ether oxygens (including phenoxy) is 1. The largest absolute Gasteiger partial charge is 0.495 e. The summed E-state index contributed by atoms with van der Waals surface area (Å²) in [7, 11) is 1.47. The number of Topliss-reactive ketones (excluding diaryl/α,β-unsaturated/α-hetero) is 1. The van der Waals surface area contributed by atoms with Crippen LogP contribution >= 0.6 is 0 Å². The topological polar surface area (TPSA) is 79.3 Å². The number of rotatable bonds is 4. The number of ketones is 1. The van der Waals surface area contributed by atoms with E-state index in [0.717, 1.165) is 16.0 Å². The molecule has 174 valence electrons. The summed E-state index contributed by atoms with van der Waals surface area (Å²) in [6.45, 7) is 0. The van der Waals surface area contributed by atoms with Gasteiger partial charge in [-0.15, -0.1) is 0 Å². The zero-order valence-corrected chi connectivity index (χ0v) is 18.7. The standard InChI is InChI=1S/C27H20FN3O4/c1-35-20-9-5-4-8-19(20)30-26(33)21-22(27(30)34)24(25(32)15-10-12-17(28)13-11-15)31-23(21)18-7-3-2-6-16(18)14-29-31/h2-14,21-24H,1H3/t21-,22-,23+,24+/m1/s1. The first kappa shape index (κ1) is 21.2. The van der Waals surface area contributed by atoms with Crippen molar-refractivity contribution in [3.05, 3.63) is 95.3 Å². The van der Waals surface area contributed by atoms with Gasteiger partial charge in [-0.3, -0.25) is 19.4 Å². The number of imide groups is 1. The molecule has 0 spiro atoms. The fourth-order valence-electron chi connectivity index (χ4n) is 5.51. The predicted octanol–water partition coefficient (Wildman–Crippen LogP) is 3.60. The average molecular weight is 469 g/mol. The minimum atomic E-state index is -1.02. The Bertz CT molecular complexity index is 1400. The number of hydrogen-bond acceptors (Lipinski definition) is 6. The van der Waals surface area contributed by atoms with Crippen molar-refractivity contribution in [2.45, 2.75) is 12.1 Å². The molecule has 0 N–H and O–H groups in total. The number of benzene rings is 3. The molecule has 0 aromatic heterocycles. The Morgan fingerprint density at radius 2 is 1.60 bits per heavy atom. The Labute approximate surface area is 200 Å².